The van der Waals surface area contributed by atoms with E-state index in [-0.39, 0.29) is 11.8 Å². The van der Waals surface area contributed by atoms with Crippen LogP contribution in [0.1, 0.15) is 42.5 Å². The Balaban J connectivity index is 1.71. The monoisotopic (exact) mass is 370 g/mol. The number of hydrazine groups is 1. The minimum atomic E-state index is -0.321. The first-order valence-electron chi connectivity index (χ1n) is 7.12. The zero-order valence-corrected chi connectivity index (χ0v) is 14.1. The maximum atomic E-state index is 11.9. The molecule has 0 saturated heterocycles. The molecule has 0 unspecified atom stereocenters. The number of rotatable bonds is 4. The second-order valence-corrected chi connectivity index (χ2v) is 7.20. The molecule has 1 aromatic carbocycles. The molecule has 1 saturated carbocycles. The summed E-state index contributed by atoms with van der Waals surface area (Å²) in [4.78, 5) is 23.7. The van der Waals surface area contributed by atoms with Crippen molar-refractivity contribution < 1.29 is 9.59 Å². The number of carbonyl (C=O) groups excluding carboxylic acids is 2. The quantitative estimate of drug-likeness (QED) is 0.799. The van der Waals surface area contributed by atoms with E-state index in [1.807, 2.05) is 6.07 Å². The van der Waals surface area contributed by atoms with Crippen LogP contribution in [0.3, 0.4) is 0 Å². The first-order chi connectivity index (χ1) is 10.2. The van der Waals surface area contributed by atoms with Crippen LogP contribution in [0.4, 0.5) is 0 Å². The highest BCUT2D eigenvalue weighted by molar-refractivity contribution is 9.10. The van der Waals surface area contributed by atoms with E-state index in [0.29, 0.717) is 21.0 Å². The summed E-state index contributed by atoms with van der Waals surface area (Å²) >= 11 is 4.99. The topological polar surface area (TPSA) is 58.2 Å². The minimum Gasteiger partial charge on any atom is -0.272 e. The van der Waals surface area contributed by atoms with Gasteiger partial charge >= 0.3 is 0 Å². The van der Waals surface area contributed by atoms with Crippen LogP contribution in [0.15, 0.2) is 28.7 Å². The van der Waals surface area contributed by atoms with Crippen LogP contribution in [-0.4, -0.2) is 22.8 Å². The zero-order chi connectivity index (χ0) is 15.1. The molecule has 2 amide bonds. The van der Waals surface area contributed by atoms with Crippen molar-refractivity contribution in [1.29, 1.82) is 0 Å². The summed E-state index contributed by atoms with van der Waals surface area (Å²) in [5.74, 6) is -0.0922. The van der Waals surface area contributed by atoms with E-state index in [9.17, 15) is 9.59 Å². The number of carbonyl (C=O) groups is 2. The molecule has 4 nitrogen and oxygen atoms in total. The molecule has 114 valence electrons. The molecule has 2 rings (SSSR count). The molecule has 0 aromatic heterocycles. The summed E-state index contributed by atoms with van der Waals surface area (Å²) in [7, 11) is 0. The van der Waals surface area contributed by atoms with Crippen LogP contribution >= 0.6 is 27.7 Å². The van der Waals surface area contributed by atoms with Crippen molar-refractivity contribution in [2.75, 3.05) is 5.75 Å². The van der Waals surface area contributed by atoms with E-state index in [0.717, 1.165) is 0 Å². The van der Waals surface area contributed by atoms with Gasteiger partial charge in [0, 0.05) is 9.72 Å². The van der Waals surface area contributed by atoms with Gasteiger partial charge in [-0.05, 0) is 40.9 Å². The number of amides is 2. The van der Waals surface area contributed by atoms with Gasteiger partial charge < -0.3 is 0 Å². The second kappa shape index (κ2) is 8.44. The van der Waals surface area contributed by atoms with E-state index in [1.54, 1.807) is 30.0 Å². The van der Waals surface area contributed by atoms with Gasteiger partial charge in [-0.2, -0.15) is 0 Å². The highest BCUT2D eigenvalue weighted by atomic mass is 79.9. The van der Waals surface area contributed by atoms with Crippen LogP contribution in [0, 0.1) is 0 Å². The molecule has 1 aliphatic carbocycles. The molecule has 2 N–H and O–H groups in total. The number of hydrogen-bond donors (Lipinski definition) is 2. The van der Waals surface area contributed by atoms with E-state index in [1.165, 1.54) is 32.1 Å². The molecular formula is C15H19BrN2O2S. The lowest BCUT2D eigenvalue weighted by Crippen LogP contribution is -2.42. The fourth-order valence-electron chi connectivity index (χ4n) is 2.30. The van der Waals surface area contributed by atoms with E-state index < -0.39 is 0 Å². The highest BCUT2D eigenvalue weighted by Gasteiger charge is 2.16. The normalized spacial score (nSPS) is 15.5. The molecule has 1 aliphatic rings. The number of hydrogen-bond acceptors (Lipinski definition) is 3. The zero-order valence-electron chi connectivity index (χ0n) is 11.7. The van der Waals surface area contributed by atoms with Gasteiger partial charge in [-0.15, -0.1) is 11.8 Å². The van der Waals surface area contributed by atoms with Gasteiger partial charge in [0.15, 0.2) is 0 Å². The third-order valence-corrected chi connectivity index (χ3v) is 5.50. The van der Waals surface area contributed by atoms with Gasteiger partial charge in [-0.3, -0.25) is 20.4 Å². The van der Waals surface area contributed by atoms with Gasteiger partial charge in [0.1, 0.15) is 0 Å². The van der Waals surface area contributed by atoms with Gasteiger partial charge in [-0.1, -0.05) is 31.4 Å². The third-order valence-electron chi connectivity index (χ3n) is 3.44. The van der Waals surface area contributed by atoms with Gasteiger partial charge in [-0.25, -0.2) is 0 Å². The van der Waals surface area contributed by atoms with Gasteiger partial charge in [0.25, 0.3) is 5.91 Å². The van der Waals surface area contributed by atoms with Crippen molar-refractivity contribution >= 4 is 39.5 Å². The van der Waals surface area contributed by atoms with Crippen LogP contribution in [0.5, 0.6) is 0 Å². The molecule has 0 bridgehead atoms. The standard InChI is InChI=1S/C15H19BrN2O2S/c16-13-9-5-4-8-12(13)15(20)18-17-14(19)10-21-11-6-2-1-3-7-11/h4-5,8-9,11H,1-3,6-7,10H2,(H,17,19)(H,18,20). The lowest BCUT2D eigenvalue weighted by atomic mass is 10.0. The molecule has 0 atom stereocenters. The van der Waals surface area contributed by atoms with E-state index >= 15 is 0 Å². The molecule has 0 radical (unpaired) electrons. The Morgan fingerprint density at radius 3 is 2.57 bits per heavy atom. The Bertz CT molecular complexity index is 504. The largest absolute Gasteiger partial charge is 0.272 e. The average molecular weight is 371 g/mol. The van der Waals surface area contributed by atoms with Gasteiger partial charge in [0.2, 0.25) is 5.91 Å². The Kier molecular flexibility index (Phi) is 6.57. The van der Waals surface area contributed by atoms with Crippen molar-refractivity contribution in [3.05, 3.63) is 34.3 Å². The minimum absolute atomic E-state index is 0.161. The summed E-state index contributed by atoms with van der Waals surface area (Å²) in [6.45, 7) is 0. The Morgan fingerprint density at radius 2 is 1.86 bits per heavy atom. The summed E-state index contributed by atoms with van der Waals surface area (Å²) in [5, 5.41) is 0.587. The van der Waals surface area contributed by atoms with E-state index in [2.05, 4.69) is 26.8 Å². The number of benzene rings is 1. The molecular weight excluding hydrogens is 352 g/mol. The van der Waals surface area contributed by atoms with Crippen molar-refractivity contribution in [3.63, 3.8) is 0 Å². The Labute approximate surface area is 137 Å². The second-order valence-electron chi connectivity index (χ2n) is 5.05. The molecule has 0 spiro atoms. The first kappa shape index (κ1) is 16.4. The maximum Gasteiger partial charge on any atom is 0.270 e. The number of thioether (sulfide) groups is 1. The molecule has 0 heterocycles. The number of halogens is 1. The summed E-state index contributed by atoms with van der Waals surface area (Å²) in [6.07, 6.45) is 6.23. The lowest BCUT2D eigenvalue weighted by molar-refractivity contribution is -0.119. The SMILES string of the molecule is O=C(CSC1CCCCC1)NNC(=O)c1ccccc1Br. The summed E-state index contributed by atoms with van der Waals surface area (Å²) in [5.41, 5.74) is 5.41. The molecule has 0 aliphatic heterocycles. The van der Waals surface area contributed by atoms with Crippen molar-refractivity contribution in [3.8, 4) is 0 Å². The van der Waals surface area contributed by atoms with E-state index in [4.69, 9.17) is 0 Å². The van der Waals surface area contributed by atoms with Crippen LogP contribution in [0.2, 0.25) is 0 Å². The Hall–Kier alpha value is -1.01. The molecule has 21 heavy (non-hydrogen) atoms. The van der Waals surface area contributed by atoms with Gasteiger partial charge in [0.05, 0.1) is 11.3 Å². The van der Waals surface area contributed by atoms with Crippen molar-refractivity contribution in [1.82, 2.24) is 10.9 Å². The van der Waals surface area contributed by atoms with Crippen molar-refractivity contribution in [2.45, 2.75) is 37.4 Å². The molecule has 1 fully saturated rings. The number of nitrogens with one attached hydrogen (secondary N) is 2. The highest BCUT2D eigenvalue weighted by Crippen LogP contribution is 2.27. The van der Waals surface area contributed by atoms with Crippen molar-refractivity contribution in [2.24, 2.45) is 0 Å². The molecule has 6 heteroatoms. The van der Waals surface area contributed by atoms with Crippen LogP contribution < -0.4 is 10.9 Å². The fourth-order valence-corrected chi connectivity index (χ4v) is 3.89. The van der Waals surface area contributed by atoms with Crippen LogP contribution in [-0.2, 0) is 4.79 Å². The maximum absolute atomic E-state index is 11.9. The predicted molar refractivity (Wildman–Crippen MR) is 89.1 cm³/mol. The third kappa shape index (κ3) is 5.36. The summed E-state index contributed by atoms with van der Waals surface area (Å²) in [6, 6.07) is 7.10. The average Bonchev–Trinajstić information content (AvgIpc) is 2.52. The first-order valence-corrected chi connectivity index (χ1v) is 8.96. The molecule has 1 aromatic rings. The summed E-state index contributed by atoms with van der Waals surface area (Å²) < 4.78 is 0.702. The fraction of sp³-hybridized carbons (Fsp3) is 0.467. The lowest BCUT2D eigenvalue weighted by Gasteiger charge is -2.20. The Morgan fingerprint density at radius 1 is 1.14 bits per heavy atom. The predicted octanol–water partition coefficient (Wildman–Crippen LogP) is 3.28. The van der Waals surface area contributed by atoms with Crippen LogP contribution in [0.25, 0.3) is 0 Å². The smallest absolute Gasteiger partial charge is 0.270 e.